The number of ether oxygens (including phenoxy) is 1. The van der Waals surface area contributed by atoms with Crippen molar-refractivity contribution >= 4 is 22.8 Å². The highest BCUT2D eigenvalue weighted by molar-refractivity contribution is 6.16. The molecule has 0 radical (unpaired) electrons. The second kappa shape index (κ2) is 11.7. The maximum Gasteiger partial charge on any atom is 0.118 e. The number of aliphatic imine (C=N–C) groups is 2. The molecule has 0 amide bonds. The third kappa shape index (κ3) is 6.02. The summed E-state index contributed by atoms with van der Waals surface area (Å²) >= 11 is 0. The lowest BCUT2D eigenvalue weighted by Crippen LogP contribution is -2.12. The molecule has 1 aromatic heterocycles. The van der Waals surface area contributed by atoms with Crippen LogP contribution >= 0.6 is 0 Å². The predicted molar refractivity (Wildman–Crippen MR) is 161 cm³/mol. The van der Waals surface area contributed by atoms with Crippen LogP contribution in [0.3, 0.4) is 0 Å². The number of aryl methyl sites for hydroxylation is 3. The molecule has 1 heterocycles. The first kappa shape index (κ1) is 25.8. The van der Waals surface area contributed by atoms with Crippen LogP contribution in [0.5, 0.6) is 5.75 Å². The van der Waals surface area contributed by atoms with Gasteiger partial charge in [0.2, 0.25) is 0 Å². The number of methoxy groups -OCH3 is 1. The second-order valence-electron chi connectivity index (χ2n) is 9.50. The van der Waals surface area contributed by atoms with Crippen molar-refractivity contribution in [1.29, 1.82) is 0 Å². The van der Waals surface area contributed by atoms with Gasteiger partial charge in [0.25, 0.3) is 0 Å². The average molecular weight is 510 g/mol. The second-order valence-corrected chi connectivity index (χ2v) is 9.50. The van der Waals surface area contributed by atoms with E-state index >= 15 is 0 Å². The molecule has 0 saturated carbocycles. The molecule has 0 aliphatic rings. The Labute approximate surface area is 230 Å². The van der Waals surface area contributed by atoms with Gasteiger partial charge in [-0.15, -0.1) is 0 Å². The number of hydrogen-bond donors (Lipinski definition) is 0. The van der Waals surface area contributed by atoms with Gasteiger partial charge in [-0.05, 0) is 80.4 Å². The Balaban J connectivity index is 1.69. The van der Waals surface area contributed by atoms with E-state index in [-0.39, 0.29) is 0 Å². The number of para-hydroxylation sites is 2. The van der Waals surface area contributed by atoms with E-state index in [1.165, 1.54) is 5.56 Å². The molecule has 0 fully saturated rings. The molecule has 0 aliphatic heterocycles. The summed E-state index contributed by atoms with van der Waals surface area (Å²) in [5.74, 6) is 0.794. The van der Waals surface area contributed by atoms with Crippen molar-refractivity contribution in [2.24, 2.45) is 9.98 Å². The van der Waals surface area contributed by atoms with E-state index in [1.54, 1.807) is 7.11 Å². The van der Waals surface area contributed by atoms with Crippen LogP contribution in [-0.4, -0.2) is 23.5 Å². The predicted octanol–water partition coefficient (Wildman–Crippen LogP) is 8.35. The molecule has 0 atom stereocenters. The van der Waals surface area contributed by atoms with Gasteiger partial charge in [-0.1, -0.05) is 72.3 Å². The van der Waals surface area contributed by atoms with Gasteiger partial charge in [0.1, 0.15) is 5.75 Å². The minimum atomic E-state index is 0.769. The molecule has 0 saturated heterocycles. The number of aromatic nitrogens is 1. The Morgan fingerprint density at radius 3 is 1.46 bits per heavy atom. The lowest BCUT2D eigenvalue weighted by molar-refractivity contribution is 0.415. The standard InChI is InChI=1S/C35H31N3O/c1-24-16-18-27(19-17-24)34(37-30-12-7-5-10-25(30)2)32-14-9-15-33(36-32)35(28-20-22-29(39-4)23-21-28)38-31-13-8-6-11-26(31)3/h5-23H,1-4H3/b37-34+,38-35+. The van der Waals surface area contributed by atoms with Gasteiger partial charge in [-0.25, -0.2) is 15.0 Å². The van der Waals surface area contributed by atoms with Crippen molar-refractivity contribution in [3.05, 3.63) is 154 Å². The number of hydrogen-bond acceptors (Lipinski definition) is 4. The van der Waals surface area contributed by atoms with E-state index in [4.69, 9.17) is 19.7 Å². The summed E-state index contributed by atoms with van der Waals surface area (Å²) in [6.07, 6.45) is 0. The van der Waals surface area contributed by atoms with Crippen molar-refractivity contribution < 1.29 is 4.74 Å². The Bertz CT molecular complexity index is 1650. The molecule has 4 heteroatoms. The van der Waals surface area contributed by atoms with Crippen molar-refractivity contribution in [3.8, 4) is 5.75 Å². The Morgan fingerprint density at radius 2 is 1.00 bits per heavy atom. The molecule has 39 heavy (non-hydrogen) atoms. The van der Waals surface area contributed by atoms with Crippen LogP contribution in [0.4, 0.5) is 11.4 Å². The van der Waals surface area contributed by atoms with Gasteiger partial charge < -0.3 is 4.74 Å². The van der Waals surface area contributed by atoms with E-state index in [9.17, 15) is 0 Å². The summed E-state index contributed by atoms with van der Waals surface area (Å²) < 4.78 is 5.39. The van der Waals surface area contributed by atoms with E-state index in [2.05, 4.69) is 57.2 Å². The number of rotatable bonds is 7. The Morgan fingerprint density at radius 1 is 0.538 bits per heavy atom. The Hall–Kier alpha value is -4.83. The summed E-state index contributed by atoms with van der Waals surface area (Å²) in [7, 11) is 1.67. The summed E-state index contributed by atoms with van der Waals surface area (Å²) in [4.78, 5) is 15.4. The average Bonchev–Trinajstić information content (AvgIpc) is 2.97. The highest BCUT2D eigenvalue weighted by atomic mass is 16.5. The van der Waals surface area contributed by atoms with Gasteiger partial charge >= 0.3 is 0 Å². The summed E-state index contributed by atoms with van der Waals surface area (Å²) in [6, 6.07) is 38.7. The molecular formula is C35H31N3O. The number of benzene rings is 4. The highest BCUT2D eigenvalue weighted by Crippen LogP contribution is 2.25. The molecular weight excluding hydrogens is 478 g/mol. The van der Waals surface area contributed by atoms with Crippen LogP contribution < -0.4 is 4.74 Å². The van der Waals surface area contributed by atoms with Crippen LogP contribution in [0, 0.1) is 20.8 Å². The molecule has 0 spiro atoms. The maximum absolute atomic E-state index is 5.39. The molecule has 192 valence electrons. The normalized spacial score (nSPS) is 11.9. The third-order valence-corrected chi connectivity index (χ3v) is 6.62. The molecule has 0 unspecified atom stereocenters. The van der Waals surface area contributed by atoms with Crippen molar-refractivity contribution in [2.75, 3.05) is 7.11 Å². The minimum absolute atomic E-state index is 0.769. The van der Waals surface area contributed by atoms with Gasteiger partial charge in [0.15, 0.2) is 0 Å². The molecule has 4 nitrogen and oxygen atoms in total. The summed E-state index contributed by atoms with van der Waals surface area (Å²) in [5, 5.41) is 0. The topological polar surface area (TPSA) is 46.8 Å². The first-order chi connectivity index (χ1) is 19.0. The summed E-state index contributed by atoms with van der Waals surface area (Å²) in [5.41, 5.74) is 10.3. The van der Waals surface area contributed by atoms with Crippen LogP contribution in [0.1, 0.15) is 39.2 Å². The van der Waals surface area contributed by atoms with Gasteiger partial charge in [0, 0.05) is 11.1 Å². The monoisotopic (exact) mass is 509 g/mol. The van der Waals surface area contributed by atoms with Crippen LogP contribution in [0.25, 0.3) is 0 Å². The molecule has 0 bridgehead atoms. The number of pyridine rings is 1. The van der Waals surface area contributed by atoms with E-state index in [0.29, 0.717) is 0 Å². The van der Waals surface area contributed by atoms with Crippen molar-refractivity contribution in [3.63, 3.8) is 0 Å². The molecule has 5 rings (SSSR count). The zero-order valence-corrected chi connectivity index (χ0v) is 22.7. The van der Waals surface area contributed by atoms with Crippen LogP contribution in [0.2, 0.25) is 0 Å². The van der Waals surface area contributed by atoms with Gasteiger partial charge in [0.05, 0.1) is 41.3 Å². The summed E-state index contributed by atoms with van der Waals surface area (Å²) in [6.45, 7) is 6.23. The van der Waals surface area contributed by atoms with E-state index in [1.807, 2.05) is 78.9 Å². The zero-order valence-electron chi connectivity index (χ0n) is 22.7. The SMILES string of the molecule is COc1ccc(/C(=N\c2ccccc2C)c2cccc(/C(=N/c3ccccc3C)c3ccc(C)cc3)n2)cc1. The number of nitrogens with zero attached hydrogens (tertiary/aromatic N) is 3. The maximum atomic E-state index is 5.39. The zero-order chi connectivity index (χ0) is 27.2. The minimum Gasteiger partial charge on any atom is -0.497 e. The first-order valence-corrected chi connectivity index (χ1v) is 13.0. The third-order valence-electron chi connectivity index (χ3n) is 6.62. The van der Waals surface area contributed by atoms with E-state index < -0.39 is 0 Å². The van der Waals surface area contributed by atoms with Crippen molar-refractivity contribution in [2.45, 2.75) is 20.8 Å². The van der Waals surface area contributed by atoms with Crippen LogP contribution in [0.15, 0.2) is 125 Å². The molecule has 4 aromatic carbocycles. The Kier molecular flexibility index (Phi) is 7.74. The van der Waals surface area contributed by atoms with E-state index in [0.717, 1.165) is 62.2 Å². The van der Waals surface area contributed by atoms with Gasteiger partial charge in [-0.2, -0.15) is 0 Å². The fourth-order valence-electron chi connectivity index (χ4n) is 4.32. The first-order valence-electron chi connectivity index (χ1n) is 13.0. The largest absolute Gasteiger partial charge is 0.497 e. The lowest BCUT2D eigenvalue weighted by Gasteiger charge is -2.13. The van der Waals surface area contributed by atoms with Gasteiger partial charge in [-0.3, -0.25) is 0 Å². The fourth-order valence-corrected chi connectivity index (χ4v) is 4.32. The fraction of sp³-hybridized carbons (Fsp3) is 0.114. The molecule has 0 aliphatic carbocycles. The molecule has 0 N–H and O–H groups in total. The lowest BCUT2D eigenvalue weighted by atomic mass is 10.0. The van der Waals surface area contributed by atoms with Crippen LogP contribution in [-0.2, 0) is 0 Å². The highest BCUT2D eigenvalue weighted by Gasteiger charge is 2.15. The van der Waals surface area contributed by atoms with Crippen molar-refractivity contribution in [1.82, 2.24) is 4.98 Å². The molecule has 5 aromatic rings. The quantitative estimate of drug-likeness (QED) is 0.207. The smallest absolute Gasteiger partial charge is 0.118 e.